The highest BCUT2D eigenvalue weighted by molar-refractivity contribution is 5.64. The lowest BCUT2D eigenvalue weighted by molar-refractivity contribution is 0.467. The van der Waals surface area contributed by atoms with Gasteiger partial charge in [0, 0.05) is 17.3 Å². The van der Waals surface area contributed by atoms with Crippen LogP contribution in [0.1, 0.15) is 31.1 Å². The third kappa shape index (κ3) is 1.47. The summed E-state index contributed by atoms with van der Waals surface area (Å²) in [7, 11) is 0. The number of hydrogen-bond acceptors (Lipinski definition) is 3. The Labute approximate surface area is 107 Å². The molecule has 0 spiro atoms. The molecule has 3 nitrogen and oxygen atoms in total. The van der Waals surface area contributed by atoms with E-state index in [9.17, 15) is 0 Å². The Hall–Kier alpha value is -2.03. The number of fused-ring (bicyclic) bond motifs is 1. The van der Waals surface area contributed by atoms with E-state index in [0.29, 0.717) is 0 Å². The van der Waals surface area contributed by atoms with Crippen LogP contribution in [0, 0.1) is 0 Å². The summed E-state index contributed by atoms with van der Waals surface area (Å²) >= 11 is 0. The van der Waals surface area contributed by atoms with Crippen molar-refractivity contribution in [3.05, 3.63) is 53.9 Å². The fourth-order valence-electron chi connectivity index (χ4n) is 2.74. The number of pyridine rings is 1. The molecule has 0 saturated carbocycles. The van der Waals surface area contributed by atoms with E-state index in [0.717, 1.165) is 11.4 Å². The van der Waals surface area contributed by atoms with Gasteiger partial charge >= 0.3 is 0 Å². The second-order valence-electron chi connectivity index (χ2n) is 5.32. The summed E-state index contributed by atoms with van der Waals surface area (Å²) in [5, 5.41) is 3.54. The van der Waals surface area contributed by atoms with Gasteiger partial charge in [-0.25, -0.2) is 0 Å². The van der Waals surface area contributed by atoms with Gasteiger partial charge in [0.25, 0.3) is 0 Å². The van der Waals surface area contributed by atoms with Gasteiger partial charge in [-0.05, 0) is 23.8 Å². The van der Waals surface area contributed by atoms with Crippen LogP contribution in [0.2, 0.25) is 0 Å². The Kier molecular flexibility index (Phi) is 2.30. The quantitative estimate of drug-likeness (QED) is 0.804. The largest absolute Gasteiger partial charge is 0.397 e. The lowest BCUT2D eigenvalue weighted by Crippen LogP contribution is -2.27. The molecule has 3 N–H and O–H groups in total. The Morgan fingerprint density at radius 3 is 2.67 bits per heavy atom. The van der Waals surface area contributed by atoms with Gasteiger partial charge in [0.15, 0.2) is 0 Å². The fourth-order valence-corrected chi connectivity index (χ4v) is 2.74. The number of nitrogen functional groups attached to an aromatic ring is 1. The molecule has 92 valence electrons. The molecule has 3 heteroatoms. The number of benzene rings is 1. The van der Waals surface area contributed by atoms with Crippen LogP contribution in [0.3, 0.4) is 0 Å². The predicted molar refractivity (Wildman–Crippen MR) is 74.5 cm³/mol. The molecule has 1 atom stereocenters. The van der Waals surface area contributed by atoms with Crippen LogP contribution < -0.4 is 11.1 Å². The minimum atomic E-state index is -0.0148. The molecule has 2 heterocycles. The number of nitrogens with two attached hydrogens (primary N) is 1. The van der Waals surface area contributed by atoms with Gasteiger partial charge in [-0.3, -0.25) is 4.98 Å². The van der Waals surface area contributed by atoms with Crippen LogP contribution in [0.15, 0.2) is 42.6 Å². The average molecular weight is 239 g/mol. The molecular formula is C15H17N3. The molecule has 1 aliphatic heterocycles. The van der Waals surface area contributed by atoms with E-state index in [-0.39, 0.29) is 11.5 Å². The molecule has 0 aliphatic carbocycles. The third-order valence-electron chi connectivity index (χ3n) is 3.79. The summed E-state index contributed by atoms with van der Waals surface area (Å²) < 4.78 is 0. The summed E-state index contributed by atoms with van der Waals surface area (Å²) in [5.74, 6) is 0. The number of anilines is 2. The first-order chi connectivity index (χ1) is 8.60. The van der Waals surface area contributed by atoms with Crippen molar-refractivity contribution in [2.24, 2.45) is 0 Å². The Morgan fingerprint density at radius 2 is 1.94 bits per heavy atom. The first kappa shape index (κ1) is 11.1. The maximum absolute atomic E-state index is 6.05. The van der Waals surface area contributed by atoms with Crippen molar-refractivity contribution in [2.75, 3.05) is 11.1 Å². The molecule has 0 bridgehead atoms. The van der Waals surface area contributed by atoms with Crippen LogP contribution in [-0.2, 0) is 5.41 Å². The molecule has 1 aliphatic rings. The van der Waals surface area contributed by atoms with Gasteiger partial charge in [-0.15, -0.1) is 0 Å². The topological polar surface area (TPSA) is 50.9 Å². The highest BCUT2D eigenvalue weighted by atomic mass is 15.0. The number of nitrogens with one attached hydrogen (secondary N) is 1. The number of nitrogens with zero attached hydrogens (tertiary/aromatic N) is 1. The van der Waals surface area contributed by atoms with E-state index in [1.165, 1.54) is 11.3 Å². The number of rotatable bonds is 1. The molecule has 18 heavy (non-hydrogen) atoms. The lowest BCUT2D eigenvalue weighted by atomic mass is 9.79. The van der Waals surface area contributed by atoms with Gasteiger partial charge in [0.05, 0.1) is 17.4 Å². The van der Waals surface area contributed by atoms with Gasteiger partial charge in [0.2, 0.25) is 0 Å². The monoisotopic (exact) mass is 239 g/mol. The zero-order valence-electron chi connectivity index (χ0n) is 10.6. The number of aromatic nitrogens is 1. The zero-order valence-corrected chi connectivity index (χ0v) is 10.6. The van der Waals surface area contributed by atoms with Gasteiger partial charge < -0.3 is 11.1 Å². The first-order valence-electron chi connectivity index (χ1n) is 6.17. The van der Waals surface area contributed by atoms with Crippen molar-refractivity contribution in [3.8, 4) is 0 Å². The van der Waals surface area contributed by atoms with Crippen LogP contribution >= 0.6 is 0 Å². The Bertz CT molecular complexity index is 590. The molecule has 2 aromatic rings. The Balaban J connectivity index is 2.11. The van der Waals surface area contributed by atoms with Crippen LogP contribution in [0.25, 0.3) is 0 Å². The highest BCUT2D eigenvalue weighted by Crippen LogP contribution is 2.48. The number of hydrogen-bond donors (Lipinski definition) is 2. The molecule has 1 unspecified atom stereocenters. The summed E-state index contributed by atoms with van der Waals surface area (Å²) in [4.78, 5) is 4.45. The first-order valence-corrected chi connectivity index (χ1v) is 6.17. The Morgan fingerprint density at radius 1 is 1.17 bits per heavy atom. The summed E-state index contributed by atoms with van der Waals surface area (Å²) in [6.45, 7) is 4.45. The van der Waals surface area contributed by atoms with E-state index in [2.05, 4.69) is 42.3 Å². The predicted octanol–water partition coefficient (Wildman–Crippen LogP) is 3.11. The van der Waals surface area contributed by atoms with Gasteiger partial charge in [-0.2, -0.15) is 0 Å². The average Bonchev–Trinajstić information content (AvgIpc) is 2.63. The second-order valence-corrected chi connectivity index (χ2v) is 5.32. The molecular weight excluding hydrogens is 222 g/mol. The van der Waals surface area contributed by atoms with E-state index in [1.807, 2.05) is 18.2 Å². The molecule has 0 radical (unpaired) electrons. The summed E-state index contributed by atoms with van der Waals surface area (Å²) in [6, 6.07) is 12.3. The second kappa shape index (κ2) is 3.73. The molecule has 0 saturated heterocycles. The standard InChI is InChI=1S/C15H17N3/c1-15(2)10-6-3-4-8-12(10)18-14(15)13-11(16)7-5-9-17-13/h3-9,14,18H,16H2,1-2H3. The van der Waals surface area contributed by atoms with Crippen molar-refractivity contribution < 1.29 is 0 Å². The zero-order chi connectivity index (χ0) is 12.8. The van der Waals surface area contributed by atoms with Crippen molar-refractivity contribution in [3.63, 3.8) is 0 Å². The van der Waals surface area contributed by atoms with Crippen molar-refractivity contribution in [1.82, 2.24) is 4.98 Å². The molecule has 1 aromatic heterocycles. The highest BCUT2D eigenvalue weighted by Gasteiger charge is 2.41. The maximum Gasteiger partial charge on any atom is 0.0863 e. The molecule has 0 fully saturated rings. The third-order valence-corrected chi connectivity index (χ3v) is 3.79. The van der Waals surface area contributed by atoms with Crippen molar-refractivity contribution in [2.45, 2.75) is 25.3 Å². The summed E-state index contributed by atoms with van der Waals surface area (Å²) in [6.07, 6.45) is 1.80. The summed E-state index contributed by atoms with van der Waals surface area (Å²) in [5.41, 5.74) is 10.2. The minimum absolute atomic E-state index is 0.0148. The van der Waals surface area contributed by atoms with Crippen molar-refractivity contribution >= 4 is 11.4 Å². The van der Waals surface area contributed by atoms with E-state index < -0.39 is 0 Å². The van der Waals surface area contributed by atoms with Gasteiger partial charge in [-0.1, -0.05) is 32.0 Å². The molecule has 3 rings (SSSR count). The van der Waals surface area contributed by atoms with Crippen molar-refractivity contribution in [1.29, 1.82) is 0 Å². The van der Waals surface area contributed by atoms with Crippen LogP contribution in [0.5, 0.6) is 0 Å². The van der Waals surface area contributed by atoms with Gasteiger partial charge in [0.1, 0.15) is 0 Å². The van der Waals surface area contributed by atoms with E-state index in [1.54, 1.807) is 6.20 Å². The lowest BCUT2D eigenvalue weighted by Gasteiger charge is -2.27. The maximum atomic E-state index is 6.05. The van der Waals surface area contributed by atoms with E-state index in [4.69, 9.17) is 5.73 Å². The SMILES string of the molecule is CC1(C)c2ccccc2NC1c1ncccc1N. The molecule has 1 aromatic carbocycles. The minimum Gasteiger partial charge on any atom is -0.397 e. The normalized spacial score (nSPS) is 20.2. The smallest absolute Gasteiger partial charge is 0.0863 e. The fraction of sp³-hybridized carbons (Fsp3) is 0.267. The molecule has 0 amide bonds. The van der Waals surface area contributed by atoms with Crippen LogP contribution in [0.4, 0.5) is 11.4 Å². The van der Waals surface area contributed by atoms with E-state index >= 15 is 0 Å². The van der Waals surface area contributed by atoms with Crippen LogP contribution in [-0.4, -0.2) is 4.98 Å². The number of para-hydroxylation sites is 1.